The molecule has 0 radical (unpaired) electrons. The summed E-state index contributed by atoms with van der Waals surface area (Å²) >= 11 is 12.1. The number of carbonyl (C=O) groups excluding carboxylic acids is 1. The molecule has 1 amide bonds. The molecule has 0 fully saturated rings. The number of hydrogen-bond acceptors (Lipinski definition) is 7. The molecular formula is C41H37Cl2N3O6. The number of hydrogen-bond donors (Lipinski definition) is 3. The van der Waals surface area contributed by atoms with Crippen molar-refractivity contribution in [3.05, 3.63) is 140 Å². The van der Waals surface area contributed by atoms with Crippen LogP contribution < -0.4 is 24.8 Å². The number of pyridine rings is 1. The highest BCUT2D eigenvalue weighted by atomic mass is 35.5. The summed E-state index contributed by atoms with van der Waals surface area (Å²) in [6.45, 7) is 5.11. The molecule has 0 saturated carbocycles. The van der Waals surface area contributed by atoms with Gasteiger partial charge in [-0.15, -0.1) is 0 Å². The van der Waals surface area contributed by atoms with Gasteiger partial charge < -0.3 is 30.0 Å². The number of carbonyl (C=O) groups is 2. The lowest BCUT2D eigenvalue weighted by Gasteiger charge is -2.31. The van der Waals surface area contributed by atoms with Crippen LogP contribution in [0.1, 0.15) is 45.2 Å². The van der Waals surface area contributed by atoms with Gasteiger partial charge in [-0.1, -0.05) is 65.7 Å². The quantitative estimate of drug-likeness (QED) is 0.134. The third-order valence-electron chi connectivity index (χ3n) is 9.62. The van der Waals surface area contributed by atoms with E-state index in [0.29, 0.717) is 53.5 Å². The third-order valence-corrected chi connectivity index (χ3v) is 10.4. The smallest absolute Gasteiger partial charge is 0.326 e. The van der Waals surface area contributed by atoms with Gasteiger partial charge in [-0.2, -0.15) is 0 Å². The zero-order valence-electron chi connectivity index (χ0n) is 28.6. The van der Waals surface area contributed by atoms with E-state index in [9.17, 15) is 14.7 Å². The highest BCUT2D eigenvalue weighted by Crippen LogP contribution is 2.40. The van der Waals surface area contributed by atoms with Crippen LogP contribution in [0.5, 0.6) is 17.2 Å². The first-order valence-electron chi connectivity index (χ1n) is 17.0. The lowest BCUT2D eigenvalue weighted by molar-refractivity contribution is -0.142. The molecule has 2 aliphatic heterocycles. The van der Waals surface area contributed by atoms with Crippen LogP contribution in [0.2, 0.25) is 10.0 Å². The maximum Gasteiger partial charge on any atom is 0.326 e. The van der Waals surface area contributed by atoms with Gasteiger partial charge in [0.15, 0.2) is 17.6 Å². The Labute approximate surface area is 311 Å². The molecule has 266 valence electrons. The van der Waals surface area contributed by atoms with Gasteiger partial charge in [0, 0.05) is 24.9 Å². The standard InChI is InChI=1S/C41H37Cl2N3O6/c1-23-24(2)44-14-13-32(23)27-6-3-25(4-7-27)16-36(41(48)49)46-40(47)35-17-29-18-37-38(19-30(29)20-45-35)52-39(22-51-37)28-8-10-31(11-9-28)50-21-26-5-12-33(42)34(43)15-26/h3-15,18-19,35-36,39,45H,16-17,20-22H2,1-2H3,(H,46,47)(H,48,49)/t35-,36?,39+/m0/s1. The number of aliphatic carboxylic acids is 1. The molecule has 0 bridgehead atoms. The summed E-state index contributed by atoms with van der Waals surface area (Å²) in [4.78, 5) is 29.9. The van der Waals surface area contributed by atoms with Gasteiger partial charge in [-0.05, 0) is 107 Å². The van der Waals surface area contributed by atoms with Gasteiger partial charge in [0.1, 0.15) is 25.0 Å². The maximum atomic E-state index is 13.4. The van der Waals surface area contributed by atoms with Crippen LogP contribution in [0.15, 0.2) is 91.1 Å². The molecule has 0 aliphatic carbocycles. The van der Waals surface area contributed by atoms with E-state index in [1.54, 1.807) is 18.3 Å². The number of benzene rings is 4. The monoisotopic (exact) mass is 737 g/mol. The minimum Gasteiger partial charge on any atom is -0.489 e. The lowest BCUT2D eigenvalue weighted by atomic mass is 9.94. The Morgan fingerprint density at radius 3 is 2.44 bits per heavy atom. The second-order valence-corrected chi connectivity index (χ2v) is 13.9. The summed E-state index contributed by atoms with van der Waals surface area (Å²) in [6.07, 6.45) is 2.02. The molecule has 2 aliphatic rings. The molecule has 3 heterocycles. The van der Waals surface area contributed by atoms with Crippen molar-refractivity contribution in [1.29, 1.82) is 0 Å². The third kappa shape index (κ3) is 7.87. The van der Waals surface area contributed by atoms with Crippen molar-refractivity contribution in [2.24, 2.45) is 0 Å². The van der Waals surface area contributed by atoms with Crippen molar-refractivity contribution in [3.63, 3.8) is 0 Å². The van der Waals surface area contributed by atoms with Crippen LogP contribution in [0.4, 0.5) is 0 Å². The van der Waals surface area contributed by atoms with Gasteiger partial charge >= 0.3 is 5.97 Å². The van der Waals surface area contributed by atoms with Crippen molar-refractivity contribution in [1.82, 2.24) is 15.6 Å². The second-order valence-electron chi connectivity index (χ2n) is 13.1. The summed E-state index contributed by atoms with van der Waals surface area (Å²) < 4.78 is 18.4. The molecular weight excluding hydrogens is 701 g/mol. The van der Waals surface area contributed by atoms with Crippen molar-refractivity contribution < 1.29 is 28.9 Å². The molecule has 1 aromatic heterocycles. The average Bonchev–Trinajstić information content (AvgIpc) is 3.15. The number of carboxylic acids is 1. The van der Waals surface area contributed by atoms with Gasteiger partial charge in [-0.25, -0.2) is 4.79 Å². The number of fused-ring (bicyclic) bond motifs is 2. The largest absolute Gasteiger partial charge is 0.489 e. The second kappa shape index (κ2) is 15.3. The molecule has 1 unspecified atom stereocenters. The van der Waals surface area contributed by atoms with Crippen LogP contribution in [0, 0.1) is 13.8 Å². The van der Waals surface area contributed by atoms with Crippen LogP contribution in [-0.2, 0) is 35.6 Å². The number of nitrogens with one attached hydrogen (secondary N) is 2. The number of amides is 1. The number of ether oxygens (including phenoxy) is 3. The van der Waals surface area contributed by atoms with Crippen LogP contribution in [-0.4, -0.2) is 40.7 Å². The molecule has 52 heavy (non-hydrogen) atoms. The summed E-state index contributed by atoms with van der Waals surface area (Å²) in [5, 5.41) is 17.0. The Kier molecular flexibility index (Phi) is 10.4. The predicted molar refractivity (Wildman–Crippen MR) is 199 cm³/mol. The van der Waals surface area contributed by atoms with Gasteiger partial charge in [0.05, 0.1) is 16.1 Å². The average molecular weight is 739 g/mol. The Bertz CT molecular complexity index is 2120. The number of aromatic nitrogens is 1. The molecule has 7 rings (SSSR count). The molecule has 3 N–H and O–H groups in total. The Morgan fingerprint density at radius 2 is 1.69 bits per heavy atom. The topological polar surface area (TPSA) is 119 Å². The van der Waals surface area contributed by atoms with Gasteiger partial charge in [0.2, 0.25) is 5.91 Å². The number of aryl methyl sites for hydroxylation is 1. The molecule has 0 saturated heterocycles. The van der Waals surface area contributed by atoms with E-state index >= 15 is 0 Å². The van der Waals surface area contributed by atoms with Crippen LogP contribution >= 0.6 is 23.2 Å². The summed E-state index contributed by atoms with van der Waals surface area (Å²) in [7, 11) is 0. The number of nitrogens with zero attached hydrogens (tertiary/aromatic N) is 1. The van der Waals surface area contributed by atoms with Crippen molar-refractivity contribution in [3.8, 4) is 28.4 Å². The zero-order valence-corrected chi connectivity index (χ0v) is 30.1. The number of carboxylic acid groups (broad SMARTS) is 1. The van der Waals surface area contributed by atoms with Gasteiger partial charge in [-0.3, -0.25) is 9.78 Å². The van der Waals surface area contributed by atoms with E-state index in [1.165, 1.54) is 0 Å². The number of rotatable bonds is 10. The molecule has 0 spiro atoms. The van der Waals surface area contributed by atoms with Crippen LogP contribution in [0.3, 0.4) is 0 Å². The van der Waals surface area contributed by atoms with E-state index in [-0.39, 0.29) is 18.4 Å². The Morgan fingerprint density at radius 1 is 0.942 bits per heavy atom. The normalized spacial score (nSPS) is 16.8. The number of halogens is 2. The van der Waals surface area contributed by atoms with Crippen molar-refractivity contribution in [2.75, 3.05) is 6.61 Å². The fourth-order valence-corrected chi connectivity index (χ4v) is 6.81. The molecule has 3 atom stereocenters. The van der Waals surface area contributed by atoms with Crippen molar-refractivity contribution in [2.45, 2.75) is 58.0 Å². The maximum absolute atomic E-state index is 13.4. The SMILES string of the molecule is Cc1nccc(-c2ccc(CC(NC(=O)[C@@H]3Cc4cc5c(cc4CN3)O[C@@H](c3ccc(OCc4ccc(Cl)c(Cl)c4)cc3)CO5)C(=O)O)cc2)c1C. The van der Waals surface area contributed by atoms with E-state index < -0.39 is 18.1 Å². The summed E-state index contributed by atoms with van der Waals surface area (Å²) in [5.74, 6) is 0.499. The molecule has 11 heteroatoms. The first-order valence-corrected chi connectivity index (χ1v) is 17.8. The minimum absolute atomic E-state index is 0.160. The minimum atomic E-state index is -1.09. The Balaban J connectivity index is 0.946. The van der Waals surface area contributed by atoms with E-state index in [1.807, 2.05) is 86.6 Å². The Hall–Kier alpha value is -5.09. The summed E-state index contributed by atoms with van der Waals surface area (Å²) in [5.41, 5.74) is 8.79. The predicted octanol–water partition coefficient (Wildman–Crippen LogP) is 7.59. The first kappa shape index (κ1) is 35.3. The van der Waals surface area contributed by atoms with Crippen LogP contribution in [0.25, 0.3) is 11.1 Å². The first-order chi connectivity index (χ1) is 25.1. The lowest BCUT2D eigenvalue weighted by Crippen LogP contribution is -2.52. The van der Waals surface area contributed by atoms with E-state index in [0.717, 1.165) is 50.2 Å². The zero-order chi connectivity index (χ0) is 36.4. The van der Waals surface area contributed by atoms with E-state index in [4.69, 9.17) is 37.4 Å². The van der Waals surface area contributed by atoms with E-state index in [2.05, 4.69) is 15.6 Å². The van der Waals surface area contributed by atoms with Crippen molar-refractivity contribution >= 4 is 35.1 Å². The molecule has 5 aromatic rings. The fraction of sp³-hybridized carbons (Fsp3) is 0.244. The highest BCUT2D eigenvalue weighted by Gasteiger charge is 2.31. The fourth-order valence-electron chi connectivity index (χ4n) is 6.49. The highest BCUT2D eigenvalue weighted by molar-refractivity contribution is 6.42. The molecule has 9 nitrogen and oxygen atoms in total. The van der Waals surface area contributed by atoms with Gasteiger partial charge in [0.25, 0.3) is 0 Å². The summed E-state index contributed by atoms with van der Waals surface area (Å²) in [6, 6.07) is 25.0. The molecule has 4 aromatic carbocycles.